The Labute approximate surface area is 82.0 Å². The van der Waals surface area contributed by atoms with Crippen LogP contribution in [0.3, 0.4) is 0 Å². The second-order valence-electron chi connectivity index (χ2n) is 3.36. The molecule has 1 aliphatic heterocycles. The normalized spacial score (nSPS) is 27.6. The van der Waals surface area contributed by atoms with E-state index >= 15 is 0 Å². The van der Waals surface area contributed by atoms with Crippen LogP contribution >= 0.6 is 0 Å². The van der Waals surface area contributed by atoms with Crippen molar-refractivity contribution in [3.63, 3.8) is 0 Å². The molecule has 1 atom stereocenters. The van der Waals surface area contributed by atoms with E-state index in [-0.39, 0.29) is 31.8 Å². The van der Waals surface area contributed by atoms with Gasteiger partial charge in [0.15, 0.2) is 11.2 Å². The van der Waals surface area contributed by atoms with Crippen molar-refractivity contribution in [3.05, 3.63) is 0 Å². The molecule has 0 aromatic heterocycles. The van der Waals surface area contributed by atoms with Crippen molar-refractivity contribution < 1.29 is 24.2 Å². The fourth-order valence-electron chi connectivity index (χ4n) is 1.51. The van der Waals surface area contributed by atoms with Crippen LogP contribution in [0.5, 0.6) is 0 Å². The van der Waals surface area contributed by atoms with Crippen molar-refractivity contribution >= 4 is 11.8 Å². The van der Waals surface area contributed by atoms with Gasteiger partial charge in [-0.3, -0.25) is 9.59 Å². The second kappa shape index (κ2) is 4.52. The van der Waals surface area contributed by atoms with Crippen molar-refractivity contribution in [2.75, 3.05) is 26.9 Å². The van der Waals surface area contributed by atoms with Gasteiger partial charge >= 0.3 is 5.97 Å². The fraction of sp³-hybridized carbons (Fsp3) is 0.778. The average molecular weight is 202 g/mol. The molecule has 0 radical (unpaired) electrons. The Hall–Kier alpha value is -0.940. The number of hydrogen-bond acceptors (Lipinski definition) is 4. The highest BCUT2D eigenvalue weighted by molar-refractivity contribution is 6.03. The number of Topliss-reactive ketones (excluding diaryl/α,β-unsaturated/α-hetero) is 1. The summed E-state index contributed by atoms with van der Waals surface area (Å²) < 4.78 is 9.85. The van der Waals surface area contributed by atoms with Crippen molar-refractivity contribution in [2.45, 2.75) is 12.8 Å². The molecule has 1 saturated heterocycles. The first kappa shape index (κ1) is 11.1. The highest BCUT2D eigenvalue weighted by Gasteiger charge is 2.47. The Balaban J connectivity index is 2.78. The minimum absolute atomic E-state index is 0.0372. The minimum atomic E-state index is -1.38. The molecule has 1 rings (SSSR count). The van der Waals surface area contributed by atoms with Gasteiger partial charge in [-0.1, -0.05) is 0 Å². The molecule has 1 unspecified atom stereocenters. The lowest BCUT2D eigenvalue weighted by molar-refractivity contribution is -0.166. The quantitative estimate of drug-likeness (QED) is 0.654. The fourth-order valence-corrected chi connectivity index (χ4v) is 1.51. The Morgan fingerprint density at radius 1 is 1.71 bits per heavy atom. The third kappa shape index (κ3) is 1.93. The smallest absolute Gasteiger partial charge is 0.319 e. The Morgan fingerprint density at radius 3 is 2.93 bits per heavy atom. The topological polar surface area (TPSA) is 72.8 Å². The SMILES string of the molecule is COCCC1(C(=O)O)COCCC1=O. The van der Waals surface area contributed by atoms with E-state index in [9.17, 15) is 9.59 Å². The van der Waals surface area contributed by atoms with E-state index in [1.54, 1.807) is 0 Å². The van der Waals surface area contributed by atoms with Crippen LogP contribution in [-0.2, 0) is 19.1 Å². The third-order valence-corrected chi connectivity index (χ3v) is 2.50. The number of ether oxygens (including phenoxy) is 2. The van der Waals surface area contributed by atoms with Gasteiger partial charge in [0.1, 0.15) is 0 Å². The van der Waals surface area contributed by atoms with Crippen molar-refractivity contribution in [2.24, 2.45) is 5.41 Å². The molecule has 80 valence electrons. The van der Waals surface area contributed by atoms with Crippen LogP contribution in [0, 0.1) is 5.41 Å². The van der Waals surface area contributed by atoms with Gasteiger partial charge in [-0.15, -0.1) is 0 Å². The average Bonchev–Trinajstić information content (AvgIpc) is 2.16. The van der Waals surface area contributed by atoms with Gasteiger partial charge in [0.05, 0.1) is 13.2 Å². The molecule has 0 aromatic rings. The molecule has 5 heteroatoms. The number of carbonyl (C=O) groups excluding carboxylic acids is 1. The summed E-state index contributed by atoms with van der Waals surface area (Å²) in [5.74, 6) is -1.37. The zero-order chi connectivity index (χ0) is 10.6. The van der Waals surface area contributed by atoms with Gasteiger partial charge in [0.25, 0.3) is 0 Å². The van der Waals surface area contributed by atoms with E-state index in [1.165, 1.54) is 7.11 Å². The second-order valence-corrected chi connectivity index (χ2v) is 3.36. The van der Waals surface area contributed by atoms with Crippen molar-refractivity contribution in [1.82, 2.24) is 0 Å². The van der Waals surface area contributed by atoms with Gasteiger partial charge in [-0.25, -0.2) is 0 Å². The summed E-state index contributed by atoms with van der Waals surface area (Å²) in [4.78, 5) is 22.6. The Kier molecular flexibility index (Phi) is 3.60. The third-order valence-electron chi connectivity index (χ3n) is 2.50. The number of hydrogen-bond donors (Lipinski definition) is 1. The monoisotopic (exact) mass is 202 g/mol. The predicted octanol–water partition coefficient (Wildman–Crippen LogP) is 0.0833. The number of aliphatic carboxylic acids is 1. The highest BCUT2D eigenvalue weighted by atomic mass is 16.5. The molecule has 1 fully saturated rings. The summed E-state index contributed by atoms with van der Waals surface area (Å²) in [6, 6.07) is 0. The van der Waals surface area contributed by atoms with Gasteiger partial charge in [-0.05, 0) is 6.42 Å². The molecule has 5 nitrogen and oxygen atoms in total. The van der Waals surface area contributed by atoms with Crippen LogP contribution in [0.1, 0.15) is 12.8 Å². The van der Waals surface area contributed by atoms with E-state index in [0.717, 1.165) is 0 Å². The zero-order valence-electron chi connectivity index (χ0n) is 8.12. The molecule has 0 aliphatic carbocycles. The molecule has 0 amide bonds. The van der Waals surface area contributed by atoms with E-state index in [2.05, 4.69) is 0 Å². The van der Waals surface area contributed by atoms with Crippen molar-refractivity contribution in [3.8, 4) is 0 Å². The first-order chi connectivity index (χ1) is 6.63. The molecule has 1 heterocycles. The maximum Gasteiger partial charge on any atom is 0.319 e. The van der Waals surface area contributed by atoms with E-state index < -0.39 is 11.4 Å². The van der Waals surface area contributed by atoms with Crippen LogP contribution in [0.15, 0.2) is 0 Å². The van der Waals surface area contributed by atoms with Crippen molar-refractivity contribution in [1.29, 1.82) is 0 Å². The predicted molar refractivity (Wildman–Crippen MR) is 47.0 cm³/mol. The Bertz CT molecular complexity index is 237. The van der Waals surface area contributed by atoms with Crippen LogP contribution in [0.2, 0.25) is 0 Å². The summed E-state index contributed by atoms with van der Waals surface area (Å²) in [5, 5.41) is 9.03. The summed E-state index contributed by atoms with van der Waals surface area (Å²) in [5.41, 5.74) is -1.38. The lowest BCUT2D eigenvalue weighted by Gasteiger charge is -2.31. The number of carboxylic acids is 1. The lowest BCUT2D eigenvalue weighted by atomic mass is 9.78. The standard InChI is InChI=1S/C9H14O5/c1-13-5-3-9(8(11)12)6-14-4-2-7(9)10/h2-6H2,1H3,(H,11,12). The molecule has 1 aliphatic rings. The zero-order valence-corrected chi connectivity index (χ0v) is 8.12. The van der Waals surface area contributed by atoms with Crippen LogP contribution in [-0.4, -0.2) is 43.8 Å². The summed E-state index contributed by atoms with van der Waals surface area (Å²) in [6.45, 7) is 0.534. The molecule has 0 saturated carbocycles. The van der Waals surface area contributed by atoms with Gasteiger partial charge in [0.2, 0.25) is 0 Å². The summed E-state index contributed by atoms with van der Waals surface area (Å²) in [7, 11) is 1.48. The molecule has 14 heavy (non-hydrogen) atoms. The highest BCUT2D eigenvalue weighted by Crippen LogP contribution is 2.29. The van der Waals surface area contributed by atoms with E-state index in [1.807, 2.05) is 0 Å². The van der Waals surface area contributed by atoms with Gasteiger partial charge in [-0.2, -0.15) is 0 Å². The molecular formula is C9H14O5. The maximum atomic E-state index is 11.5. The largest absolute Gasteiger partial charge is 0.480 e. The summed E-state index contributed by atoms with van der Waals surface area (Å²) >= 11 is 0. The van der Waals surface area contributed by atoms with Gasteiger partial charge in [0, 0.05) is 20.1 Å². The Morgan fingerprint density at radius 2 is 2.43 bits per heavy atom. The number of ketones is 1. The van der Waals surface area contributed by atoms with Gasteiger partial charge < -0.3 is 14.6 Å². The molecule has 0 aromatic carbocycles. The first-order valence-electron chi connectivity index (χ1n) is 4.47. The number of carbonyl (C=O) groups is 2. The maximum absolute atomic E-state index is 11.5. The number of carboxylic acid groups (broad SMARTS) is 1. The van der Waals surface area contributed by atoms with Crippen LogP contribution in [0.25, 0.3) is 0 Å². The van der Waals surface area contributed by atoms with Crippen LogP contribution < -0.4 is 0 Å². The van der Waals surface area contributed by atoms with E-state index in [4.69, 9.17) is 14.6 Å². The molecular weight excluding hydrogens is 188 g/mol. The first-order valence-corrected chi connectivity index (χ1v) is 4.47. The number of methoxy groups -OCH3 is 1. The van der Waals surface area contributed by atoms with E-state index in [0.29, 0.717) is 6.61 Å². The molecule has 0 bridgehead atoms. The summed E-state index contributed by atoms with van der Waals surface area (Å²) in [6.07, 6.45) is 0.355. The minimum Gasteiger partial charge on any atom is -0.480 e. The lowest BCUT2D eigenvalue weighted by Crippen LogP contribution is -2.47. The molecule has 0 spiro atoms. The number of rotatable bonds is 4. The van der Waals surface area contributed by atoms with Crippen LogP contribution in [0.4, 0.5) is 0 Å². The molecule has 1 N–H and O–H groups in total.